The minimum Gasteiger partial charge on any atom is -0.497 e. The second-order valence-electron chi connectivity index (χ2n) is 5.31. The molecule has 0 fully saturated rings. The van der Waals surface area contributed by atoms with Gasteiger partial charge in [0.15, 0.2) is 0 Å². The van der Waals surface area contributed by atoms with Crippen LogP contribution >= 0.6 is 0 Å². The molecule has 0 spiro atoms. The fraction of sp³-hybridized carbons (Fsp3) is 0.235. The lowest BCUT2D eigenvalue weighted by Gasteiger charge is -2.15. The first kappa shape index (κ1) is 13.6. The van der Waals surface area contributed by atoms with E-state index in [2.05, 4.69) is 5.32 Å². The highest BCUT2D eigenvalue weighted by Gasteiger charge is 2.27. The molecule has 4 nitrogen and oxygen atoms in total. The highest BCUT2D eigenvalue weighted by Crippen LogP contribution is 2.34. The monoisotopic (exact) mass is 282 g/mol. The van der Waals surface area contributed by atoms with E-state index in [0.29, 0.717) is 0 Å². The zero-order valence-corrected chi connectivity index (χ0v) is 12.1. The van der Waals surface area contributed by atoms with Crippen molar-refractivity contribution < 1.29 is 9.53 Å². The summed E-state index contributed by atoms with van der Waals surface area (Å²) in [6.07, 6.45) is 0. The average Bonchev–Trinajstić information content (AvgIpc) is 2.81. The minimum absolute atomic E-state index is 0.0418. The summed E-state index contributed by atoms with van der Waals surface area (Å²) in [4.78, 5) is 11.7. The lowest BCUT2D eigenvalue weighted by Crippen LogP contribution is -2.12. The molecule has 0 radical (unpaired) electrons. The Morgan fingerprint density at radius 2 is 1.81 bits per heavy atom. The Hall–Kier alpha value is -2.33. The summed E-state index contributed by atoms with van der Waals surface area (Å²) >= 11 is 0. The van der Waals surface area contributed by atoms with Crippen LogP contribution in [0.1, 0.15) is 35.6 Å². The van der Waals surface area contributed by atoms with Crippen molar-refractivity contribution in [3.63, 3.8) is 0 Å². The molecule has 0 aromatic heterocycles. The maximum Gasteiger partial charge on any atom is 0.231 e. The summed E-state index contributed by atoms with van der Waals surface area (Å²) in [7, 11) is 1.64. The van der Waals surface area contributed by atoms with Crippen molar-refractivity contribution in [3.05, 3.63) is 59.2 Å². The van der Waals surface area contributed by atoms with Crippen molar-refractivity contribution >= 4 is 11.6 Å². The van der Waals surface area contributed by atoms with Crippen molar-refractivity contribution in [2.75, 3.05) is 12.4 Å². The number of rotatable bonds is 3. The fourth-order valence-corrected chi connectivity index (χ4v) is 2.63. The second-order valence-corrected chi connectivity index (χ2v) is 5.31. The standard InChI is InChI=1S/C17H18N2O2/c1-10-14-9-12(5-8-15(14)19-17(10)20)16(18)11-3-6-13(21-2)7-4-11/h3-10,16H,18H2,1-2H3,(H,19,20). The quantitative estimate of drug-likeness (QED) is 0.909. The first-order valence-electron chi connectivity index (χ1n) is 6.94. The predicted octanol–water partition coefficient (Wildman–Crippen LogP) is 2.80. The molecule has 3 rings (SSSR count). The van der Waals surface area contributed by atoms with Crippen molar-refractivity contribution in [1.29, 1.82) is 0 Å². The zero-order valence-electron chi connectivity index (χ0n) is 12.1. The third-order valence-corrected chi connectivity index (χ3v) is 4.03. The summed E-state index contributed by atoms with van der Waals surface area (Å²) in [5, 5.41) is 2.87. The highest BCUT2D eigenvalue weighted by molar-refractivity contribution is 6.02. The number of nitrogens with two attached hydrogens (primary N) is 1. The van der Waals surface area contributed by atoms with Gasteiger partial charge in [0.1, 0.15) is 5.75 Å². The van der Waals surface area contributed by atoms with Gasteiger partial charge in [-0.05, 0) is 41.8 Å². The molecular weight excluding hydrogens is 264 g/mol. The smallest absolute Gasteiger partial charge is 0.231 e. The molecule has 0 saturated heterocycles. The molecule has 2 atom stereocenters. The van der Waals surface area contributed by atoms with Gasteiger partial charge in [0.25, 0.3) is 0 Å². The maximum absolute atomic E-state index is 11.7. The molecule has 1 aliphatic heterocycles. The number of carbonyl (C=O) groups is 1. The van der Waals surface area contributed by atoms with E-state index < -0.39 is 0 Å². The van der Waals surface area contributed by atoms with Crippen LogP contribution in [0, 0.1) is 0 Å². The number of nitrogens with one attached hydrogen (secondary N) is 1. The summed E-state index contributed by atoms with van der Waals surface area (Å²) in [5.74, 6) is 0.728. The van der Waals surface area contributed by atoms with E-state index in [-0.39, 0.29) is 17.9 Å². The fourth-order valence-electron chi connectivity index (χ4n) is 2.63. The Balaban J connectivity index is 1.91. The van der Waals surface area contributed by atoms with Crippen LogP contribution < -0.4 is 15.8 Å². The Morgan fingerprint density at radius 1 is 1.14 bits per heavy atom. The van der Waals surface area contributed by atoms with Gasteiger partial charge in [-0.3, -0.25) is 4.79 Å². The molecule has 4 heteroatoms. The third kappa shape index (κ3) is 2.38. The molecule has 0 bridgehead atoms. The largest absolute Gasteiger partial charge is 0.497 e. The summed E-state index contributed by atoms with van der Waals surface area (Å²) in [6, 6.07) is 13.4. The zero-order chi connectivity index (χ0) is 15.0. The second kappa shape index (κ2) is 5.22. The van der Waals surface area contributed by atoms with Gasteiger partial charge in [-0.2, -0.15) is 0 Å². The number of benzene rings is 2. The van der Waals surface area contributed by atoms with Crippen molar-refractivity contribution in [3.8, 4) is 5.75 Å². The Morgan fingerprint density at radius 3 is 2.48 bits per heavy atom. The van der Waals surface area contributed by atoms with E-state index >= 15 is 0 Å². The van der Waals surface area contributed by atoms with Crippen LogP contribution in [-0.4, -0.2) is 13.0 Å². The van der Waals surface area contributed by atoms with E-state index in [1.54, 1.807) is 7.11 Å². The summed E-state index contributed by atoms with van der Waals surface area (Å²) < 4.78 is 5.15. The van der Waals surface area contributed by atoms with Gasteiger partial charge in [-0.1, -0.05) is 24.3 Å². The van der Waals surface area contributed by atoms with Crippen LogP contribution in [0.4, 0.5) is 5.69 Å². The van der Waals surface area contributed by atoms with E-state index in [4.69, 9.17) is 10.5 Å². The Kier molecular flexibility index (Phi) is 3.39. The molecule has 3 N–H and O–H groups in total. The number of ether oxygens (including phenoxy) is 1. The van der Waals surface area contributed by atoms with Crippen molar-refractivity contribution in [1.82, 2.24) is 0 Å². The number of hydrogen-bond acceptors (Lipinski definition) is 3. The van der Waals surface area contributed by atoms with Crippen LogP contribution in [-0.2, 0) is 4.79 Å². The third-order valence-electron chi connectivity index (χ3n) is 4.03. The van der Waals surface area contributed by atoms with Crippen molar-refractivity contribution in [2.45, 2.75) is 18.9 Å². The predicted molar refractivity (Wildman–Crippen MR) is 82.5 cm³/mol. The molecule has 2 aromatic rings. The van der Waals surface area contributed by atoms with Gasteiger partial charge in [-0.15, -0.1) is 0 Å². The van der Waals surface area contributed by atoms with Crippen LogP contribution in [0.2, 0.25) is 0 Å². The summed E-state index contributed by atoms with van der Waals surface area (Å²) in [6.45, 7) is 1.91. The van der Waals surface area contributed by atoms with Crippen LogP contribution in [0.15, 0.2) is 42.5 Å². The molecular formula is C17H18N2O2. The Labute approximate surface area is 123 Å². The topological polar surface area (TPSA) is 64.3 Å². The average molecular weight is 282 g/mol. The van der Waals surface area contributed by atoms with Crippen LogP contribution in [0.3, 0.4) is 0 Å². The van der Waals surface area contributed by atoms with E-state index in [0.717, 1.165) is 28.1 Å². The number of methoxy groups -OCH3 is 1. The van der Waals surface area contributed by atoms with E-state index in [1.807, 2.05) is 49.4 Å². The van der Waals surface area contributed by atoms with Gasteiger partial charge < -0.3 is 15.8 Å². The molecule has 1 heterocycles. The molecule has 0 saturated carbocycles. The lowest BCUT2D eigenvalue weighted by molar-refractivity contribution is -0.116. The molecule has 2 aromatic carbocycles. The summed E-state index contributed by atoms with van der Waals surface area (Å²) in [5.41, 5.74) is 10.3. The van der Waals surface area contributed by atoms with Gasteiger partial charge >= 0.3 is 0 Å². The van der Waals surface area contributed by atoms with Crippen molar-refractivity contribution in [2.24, 2.45) is 5.73 Å². The number of carbonyl (C=O) groups excluding carboxylic acids is 1. The Bertz CT molecular complexity index is 680. The normalized spacial score (nSPS) is 18.0. The minimum atomic E-state index is -0.218. The molecule has 1 aliphatic rings. The maximum atomic E-state index is 11.7. The van der Waals surface area contributed by atoms with E-state index in [1.165, 1.54) is 0 Å². The molecule has 1 amide bonds. The molecule has 21 heavy (non-hydrogen) atoms. The van der Waals surface area contributed by atoms with Crippen LogP contribution in [0.5, 0.6) is 5.75 Å². The first-order valence-corrected chi connectivity index (χ1v) is 6.94. The first-order chi connectivity index (χ1) is 10.1. The highest BCUT2D eigenvalue weighted by atomic mass is 16.5. The number of hydrogen-bond donors (Lipinski definition) is 2. The SMILES string of the molecule is COc1ccc(C(N)c2ccc3c(c2)C(C)C(=O)N3)cc1. The lowest BCUT2D eigenvalue weighted by atomic mass is 9.94. The van der Waals surface area contributed by atoms with Gasteiger partial charge in [0.05, 0.1) is 19.1 Å². The molecule has 0 aliphatic carbocycles. The van der Waals surface area contributed by atoms with Gasteiger partial charge in [0, 0.05) is 5.69 Å². The number of anilines is 1. The number of amides is 1. The van der Waals surface area contributed by atoms with Crippen LogP contribution in [0.25, 0.3) is 0 Å². The number of fused-ring (bicyclic) bond motifs is 1. The molecule has 2 unspecified atom stereocenters. The van der Waals surface area contributed by atoms with Gasteiger partial charge in [0.2, 0.25) is 5.91 Å². The van der Waals surface area contributed by atoms with E-state index in [9.17, 15) is 4.79 Å². The van der Waals surface area contributed by atoms with Gasteiger partial charge in [-0.25, -0.2) is 0 Å². The molecule has 108 valence electrons.